The van der Waals surface area contributed by atoms with E-state index in [4.69, 9.17) is 4.74 Å². The van der Waals surface area contributed by atoms with Crippen LogP contribution in [0.5, 0.6) is 5.88 Å². The van der Waals surface area contributed by atoms with E-state index in [9.17, 15) is 0 Å². The third-order valence-electron chi connectivity index (χ3n) is 2.83. The molecule has 96 valence electrons. The molecule has 1 N–H and O–H groups in total. The van der Waals surface area contributed by atoms with E-state index in [1.165, 1.54) is 0 Å². The Morgan fingerprint density at radius 2 is 1.95 bits per heavy atom. The third kappa shape index (κ3) is 2.40. The second-order valence-corrected chi connectivity index (χ2v) is 4.15. The standard InChI is InChI=1S/C14H14N4O/c1-19-14-13(18-12-8-4-5-9-15-12)16-10-6-2-3-7-11(10)17-14/h2-4,6-8H,5,9H2,1H3,(H,15,16,18). The molecule has 0 atom stereocenters. The number of ether oxygens (including phenoxy) is 1. The lowest BCUT2D eigenvalue weighted by molar-refractivity contribution is 0.400. The summed E-state index contributed by atoms with van der Waals surface area (Å²) in [6.45, 7) is 0.794. The maximum atomic E-state index is 5.28. The summed E-state index contributed by atoms with van der Waals surface area (Å²) < 4.78 is 5.28. The van der Waals surface area contributed by atoms with Crippen LogP contribution in [0.1, 0.15) is 6.42 Å². The lowest BCUT2D eigenvalue weighted by Gasteiger charge is -2.12. The Labute approximate surface area is 111 Å². The van der Waals surface area contributed by atoms with Crippen molar-refractivity contribution in [1.82, 2.24) is 9.97 Å². The fourth-order valence-corrected chi connectivity index (χ4v) is 1.92. The van der Waals surface area contributed by atoms with Gasteiger partial charge < -0.3 is 10.1 Å². The van der Waals surface area contributed by atoms with Crippen LogP contribution < -0.4 is 10.1 Å². The van der Waals surface area contributed by atoms with E-state index in [1.54, 1.807) is 7.11 Å². The van der Waals surface area contributed by atoms with Gasteiger partial charge in [-0.25, -0.2) is 9.97 Å². The van der Waals surface area contributed by atoms with Crippen molar-refractivity contribution in [2.45, 2.75) is 6.42 Å². The van der Waals surface area contributed by atoms with Crippen LogP contribution in [0.2, 0.25) is 0 Å². The number of aromatic nitrogens is 2. The summed E-state index contributed by atoms with van der Waals surface area (Å²) in [5, 5.41) is 3.16. The van der Waals surface area contributed by atoms with Crippen LogP contribution in [0.4, 0.5) is 5.82 Å². The molecular formula is C14H14N4O. The van der Waals surface area contributed by atoms with E-state index in [1.807, 2.05) is 30.3 Å². The summed E-state index contributed by atoms with van der Waals surface area (Å²) in [4.78, 5) is 13.3. The largest absolute Gasteiger partial charge is 0.478 e. The molecule has 2 heterocycles. The van der Waals surface area contributed by atoms with Gasteiger partial charge in [0.25, 0.3) is 5.88 Å². The highest BCUT2D eigenvalue weighted by Crippen LogP contribution is 2.23. The quantitative estimate of drug-likeness (QED) is 0.894. The van der Waals surface area contributed by atoms with Crippen molar-refractivity contribution < 1.29 is 4.74 Å². The average Bonchev–Trinajstić information content (AvgIpc) is 2.47. The number of nitrogens with zero attached hydrogens (tertiary/aromatic N) is 3. The molecule has 19 heavy (non-hydrogen) atoms. The molecule has 1 aliphatic rings. The van der Waals surface area contributed by atoms with Gasteiger partial charge in [-0.05, 0) is 24.6 Å². The number of nitrogens with one attached hydrogen (secondary N) is 1. The van der Waals surface area contributed by atoms with Gasteiger partial charge in [-0.3, -0.25) is 4.99 Å². The maximum Gasteiger partial charge on any atom is 0.258 e. The minimum atomic E-state index is 0.473. The van der Waals surface area contributed by atoms with E-state index < -0.39 is 0 Å². The Bertz CT molecular complexity index is 664. The van der Waals surface area contributed by atoms with Crippen LogP contribution in [-0.2, 0) is 0 Å². The van der Waals surface area contributed by atoms with Crippen molar-refractivity contribution in [1.29, 1.82) is 0 Å². The Hall–Kier alpha value is -2.43. The van der Waals surface area contributed by atoms with Crippen LogP contribution in [0.3, 0.4) is 0 Å². The van der Waals surface area contributed by atoms with E-state index in [2.05, 4.69) is 26.4 Å². The molecule has 5 heteroatoms. The van der Waals surface area contributed by atoms with Gasteiger partial charge in [0, 0.05) is 6.54 Å². The molecule has 0 fully saturated rings. The lowest BCUT2D eigenvalue weighted by Crippen LogP contribution is -2.14. The normalized spacial score (nSPS) is 14.3. The first-order chi connectivity index (χ1) is 9.36. The molecule has 3 rings (SSSR count). The van der Waals surface area contributed by atoms with E-state index in [-0.39, 0.29) is 0 Å². The molecule has 1 aromatic heterocycles. The van der Waals surface area contributed by atoms with Gasteiger partial charge in [0.2, 0.25) is 0 Å². The van der Waals surface area contributed by atoms with E-state index >= 15 is 0 Å². The first-order valence-electron chi connectivity index (χ1n) is 6.15. The zero-order valence-corrected chi connectivity index (χ0v) is 10.6. The molecule has 5 nitrogen and oxygen atoms in total. The summed E-state index contributed by atoms with van der Waals surface area (Å²) in [6, 6.07) is 7.70. The van der Waals surface area contributed by atoms with E-state index in [0.29, 0.717) is 11.7 Å². The Balaban J connectivity index is 2.01. The van der Waals surface area contributed by atoms with Gasteiger partial charge >= 0.3 is 0 Å². The number of anilines is 1. The fourth-order valence-electron chi connectivity index (χ4n) is 1.92. The summed E-state index contributed by atoms with van der Waals surface area (Å²) in [6.07, 6.45) is 5.00. The lowest BCUT2D eigenvalue weighted by atomic mass is 10.3. The van der Waals surface area contributed by atoms with Crippen molar-refractivity contribution in [2.75, 3.05) is 19.0 Å². The fraction of sp³-hybridized carbons (Fsp3) is 0.214. The van der Waals surface area contributed by atoms with Gasteiger partial charge in [0.15, 0.2) is 5.82 Å². The molecule has 0 saturated carbocycles. The van der Waals surface area contributed by atoms with Crippen LogP contribution in [-0.4, -0.2) is 29.5 Å². The predicted octanol–water partition coefficient (Wildman–Crippen LogP) is 2.41. The number of aliphatic imine (C=N–C) groups is 1. The van der Waals surface area contributed by atoms with Crippen LogP contribution in [0.25, 0.3) is 11.0 Å². The highest BCUT2D eigenvalue weighted by atomic mass is 16.5. The van der Waals surface area contributed by atoms with E-state index in [0.717, 1.165) is 29.8 Å². The predicted molar refractivity (Wildman–Crippen MR) is 75.8 cm³/mol. The summed E-state index contributed by atoms with van der Waals surface area (Å²) in [5.74, 6) is 1.85. The highest BCUT2D eigenvalue weighted by Gasteiger charge is 2.10. The summed E-state index contributed by atoms with van der Waals surface area (Å²) in [7, 11) is 1.59. The Morgan fingerprint density at radius 3 is 2.63 bits per heavy atom. The van der Waals surface area contributed by atoms with Crippen molar-refractivity contribution in [3.8, 4) is 5.88 Å². The number of para-hydroxylation sites is 2. The molecule has 0 radical (unpaired) electrons. The second-order valence-electron chi connectivity index (χ2n) is 4.15. The number of rotatable bonds is 2. The zero-order valence-electron chi connectivity index (χ0n) is 10.6. The molecule has 0 unspecified atom stereocenters. The molecule has 0 saturated heterocycles. The van der Waals surface area contributed by atoms with Crippen molar-refractivity contribution >= 4 is 22.7 Å². The van der Waals surface area contributed by atoms with Crippen LogP contribution in [0, 0.1) is 0 Å². The van der Waals surface area contributed by atoms with Gasteiger partial charge in [-0.2, -0.15) is 0 Å². The average molecular weight is 254 g/mol. The summed E-state index contributed by atoms with van der Waals surface area (Å²) in [5.41, 5.74) is 1.64. The number of benzene rings is 1. The van der Waals surface area contributed by atoms with Gasteiger partial charge in [0.05, 0.1) is 18.1 Å². The number of hydrogen-bond acceptors (Lipinski definition) is 5. The number of amidine groups is 1. The number of fused-ring (bicyclic) bond motifs is 1. The first kappa shape index (κ1) is 11.6. The Morgan fingerprint density at radius 1 is 1.16 bits per heavy atom. The zero-order chi connectivity index (χ0) is 13.1. The number of dihydropyridines is 1. The second kappa shape index (κ2) is 5.06. The molecular weight excluding hydrogens is 240 g/mol. The molecule has 0 amide bonds. The monoisotopic (exact) mass is 254 g/mol. The smallest absolute Gasteiger partial charge is 0.258 e. The Kier molecular flexibility index (Phi) is 3.10. The van der Waals surface area contributed by atoms with Crippen molar-refractivity contribution in [3.63, 3.8) is 0 Å². The topological polar surface area (TPSA) is 59.4 Å². The minimum Gasteiger partial charge on any atom is -0.478 e. The van der Waals surface area contributed by atoms with Gasteiger partial charge in [0.1, 0.15) is 5.84 Å². The van der Waals surface area contributed by atoms with Crippen molar-refractivity contribution in [3.05, 3.63) is 36.4 Å². The molecule has 2 aromatic rings. The number of methoxy groups -OCH3 is 1. The van der Waals surface area contributed by atoms with Crippen LogP contribution >= 0.6 is 0 Å². The first-order valence-corrected chi connectivity index (χ1v) is 6.15. The van der Waals surface area contributed by atoms with Crippen LogP contribution in [0.15, 0.2) is 41.4 Å². The molecule has 0 spiro atoms. The number of hydrogen-bond donors (Lipinski definition) is 1. The maximum absolute atomic E-state index is 5.28. The third-order valence-corrected chi connectivity index (χ3v) is 2.83. The molecule has 1 aromatic carbocycles. The molecule has 0 aliphatic carbocycles. The van der Waals surface area contributed by atoms with Gasteiger partial charge in [-0.1, -0.05) is 18.2 Å². The summed E-state index contributed by atoms with van der Waals surface area (Å²) >= 11 is 0. The molecule has 0 bridgehead atoms. The SMILES string of the molecule is COc1nc2ccccc2nc1NC1=NCCC=C1. The minimum absolute atomic E-state index is 0.473. The van der Waals surface area contributed by atoms with Gasteiger partial charge in [-0.15, -0.1) is 0 Å². The molecule has 1 aliphatic heterocycles. The highest BCUT2D eigenvalue weighted by molar-refractivity contribution is 6.04. The van der Waals surface area contributed by atoms with Crippen molar-refractivity contribution in [2.24, 2.45) is 4.99 Å².